The number of aliphatic hydroxyl groups is 1. The summed E-state index contributed by atoms with van der Waals surface area (Å²) in [7, 11) is 0. The van der Waals surface area contributed by atoms with E-state index in [-0.39, 0.29) is 6.61 Å². The molecule has 0 atom stereocenters. The maximum absolute atomic E-state index is 13.3. The third-order valence-electron chi connectivity index (χ3n) is 2.47. The molecule has 0 spiro atoms. The molecule has 1 aromatic carbocycles. The van der Waals surface area contributed by atoms with E-state index in [1.165, 1.54) is 0 Å². The number of carbonyl (C=O) groups is 1. The van der Waals surface area contributed by atoms with Crippen LogP contribution < -0.4 is 10.6 Å². The van der Waals surface area contributed by atoms with Crippen molar-refractivity contribution < 1.29 is 23.1 Å². The number of hydrogen-bond acceptors (Lipinski definition) is 2. The van der Waals surface area contributed by atoms with Gasteiger partial charge in [0, 0.05) is 12.1 Å². The lowest BCUT2D eigenvalue weighted by atomic mass is 10.0. The lowest BCUT2D eigenvalue weighted by Gasteiger charge is -2.25. The first-order valence-corrected chi connectivity index (χ1v) is 5.60. The Hall–Kier alpha value is -1.76. The highest BCUT2D eigenvalue weighted by Gasteiger charge is 2.21. The van der Waals surface area contributed by atoms with Crippen LogP contribution in [0, 0.1) is 17.5 Å². The molecule has 0 aliphatic rings. The van der Waals surface area contributed by atoms with Crippen molar-refractivity contribution in [1.82, 2.24) is 5.32 Å². The second kappa shape index (κ2) is 5.92. The van der Waals surface area contributed by atoms with Crippen LogP contribution >= 0.6 is 0 Å². The molecule has 0 aliphatic carbocycles. The molecule has 0 saturated heterocycles. The number of aliphatic hydroxyl groups excluding tert-OH is 1. The standard InChI is InChI=1S/C12H15F3N2O2/c1-12(2,5-6-18)17-11(19)16-8-4-3-7(13)9(14)10(8)15/h3-4,18H,5-6H2,1-2H3,(H2,16,17,19). The largest absolute Gasteiger partial charge is 0.396 e. The topological polar surface area (TPSA) is 61.4 Å². The van der Waals surface area contributed by atoms with Crippen molar-refractivity contribution in [3.8, 4) is 0 Å². The number of amides is 2. The van der Waals surface area contributed by atoms with Crippen LogP contribution in [-0.4, -0.2) is 23.3 Å². The zero-order valence-corrected chi connectivity index (χ0v) is 10.6. The van der Waals surface area contributed by atoms with Crippen LogP contribution in [0.3, 0.4) is 0 Å². The summed E-state index contributed by atoms with van der Waals surface area (Å²) >= 11 is 0. The number of benzene rings is 1. The molecule has 106 valence electrons. The van der Waals surface area contributed by atoms with Gasteiger partial charge in [-0.05, 0) is 32.4 Å². The quantitative estimate of drug-likeness (QED) is 0.739. The van der Waals surface area contributed by atoms with Gasteiger partial charge >= 0.3 is 6.03 Å². The number of nitrogens with one attached hydrogen (secondary N) is 2. The molecule has 0 aromatic heterocycles. The maximum atomic E-state index is 13.3. The molecule has 0 bridgehead atoms. The van der Waals surface area contributed by atoms with Gasteiger partial charge in [-0.2, -0.15) is 0 Å². The molecular weight excluding hydrogens is 261 g/mol. The summed E-state index contributed by atoms with van der Waals surface area (Å²) in [6.45, 7) is 3.18. The first-order chi connectivity index (χ1) is 8.76. The predicted molar refractivity (Wildman–Crippen MR) is 64.3 cm³/mol. The number of anilines is 1. The monoisotopic (exact) mass is 276 g/mol. The van der Waals surface area contributed by atoms with Crippen LogP contribution in [0.5, 0.6) is 0 Å². The number of urea groups is 1. The minimum atomic E-state index is -1.65. The van der Waals surface area contributed by atoms with Crippen LogP contribution in [-0.2, 0) is 0 Å². The Balaban J connectivity index is 2.76. The third kappa shape index (κ3) is 4.13. The highest BCUT2D eigenvalue weighted by molar-refractivity contribution is 5.89. The fourth-order valence-electron chi connectivity index (χ4n) is 1.43. The summed E-state index contributed by atoms with van der Waals surface area (Å²) in [5, 5.41) is 13.3. The van der Waals surface area contributed by atoms with Crippen molar-refractivity contribution >= 4 is 11.7 Å². The summed E-state index contributed by atoms with van der Waals surface area (Å²) < 4.78 is 38.9. The van der Waals surface area contributed by atoms with E-state index in [4.69, 9.17) is 5.11 Å². The van der Waals surface area contributed by atoms with Crippen molar-refractivity contribution in [2.24, 2.45) is 0 Å². The lowest BCUT2D eigenvalue weighted by molar-refractivity contribution is 0.218. The van der Waals surface area contributed by atoms with Crippen molar-refractivity contribution in [3.63, 3.8) is 0 Å². The fourth-order valence-corrected chi connectivity index (χ4v) is 1.43. The van der Waals surface area contributed by atoms with Gasteiger partial charge in [-0.1, -0.05) is 0 Å². The average Bonchev–Trinajstić information content (AvgIpc) is 2.29. The van der Waals surface area contributed by atoms with Crippen LogP contribution in [0.15, 0.2) is 12.1 Å². The number of hydrogen-bond donors (Lipinski definition) is 3. The molecule has 4 nitrogen and oxygen atoms in total. The zero-order valence-electron chi connectivity index (χ0n) is 10.6. The Morgan fingerprint density at radius 3 is 2.47 bits per heavy atom. The van der Waals surface area contributed by atoms with Gasteiger partial charge < -0.3 is 15.7 Å². The van der Waals surface area contributed by atoms with Gasteiger partial charge in [0.25, 0.3) is 0 Å². The summed E-state index contributed by atoms with van der Waals surface area (Å²) in [6.07, 6.45) is 0.292. The molecule has 7 heteroatoms. The van der Waals surface area contributed by atoms with Gasteiger partial charge in [-0.3, -0.25) is 0 Å². The molecule has 0 fully saturated rings. The number of rotatable bonds is 4. The average molecular weight is 276 g/mol. The molecule has 0 heterocycles. The molecule has 19 heavy (non-hydrogen) atoms. The Labute approximate surface area is 108 Å². The van der Waals surface area contributed by atoms with E-state index in [2.05, 4.69) is 10.6 Å². The van der Waals surface area contributed by atoms with Crippen LogP contribution in [0.4, 0.5) is 23.7 Å². The minimum absolute atomic E-state index is 0.132. The number of halogens is 3. The molecule has 0 saturated carbocycles. The van der Waals surface area contributed by atoms with Gasteiger partial charge in [0.15, 0.2) is 17.5 Å². The molecule has 0 aliphatic heterocycles. The molecule has 0 radical (unpaired) electrons. The maximum Gasteiger partial charge on any atom is 0.319 e. The highest BCUT2D eigenvalue weighted by Crippen LogP contribution is 2.19. The van der Waals surface area contributed by atoms with Gasteiger partial charge in [-0.15, -0.1) is 0 Å². The Bertz CT molecular complexity index is 478. The van der Waals surface area contributed by atoms with E-state index in [0.29, 0.717) is 12.5 Å². The van der Waals surface area contributed by atoms with Crippen LogP contribution in [0.2, 0.25) is 0 Å². The Morgan fingerprint density at radius 2 is 1.89 bits per heavy atom. The number of carbonyl (C=O) groups excluding carboxylic acids is 1. The molecule has 2 amide bonds. The van der Waals surface area contributed by atoms with Gasteiger partial charge in [0.2, 0.25) is 0 Å². The normalized spacial score (nSPS) is 11.3. The van der Waals surface area contributed by atoms with E-state index in [9.17, 15) is 18.0 Å². The minimum Gasteiger partial charge on any atom is -0.396 e. The first kappa shape index (κ1) is 15.3. The zero-order chi connectivity index (χ0) is 14.6. The molecule has 0 unspecified atom stereocenters. The smallest absolute Gasteiger partial charge is 0.319 e. The van der Waals surface area contributed by atoms with Crippen LogP contribution in [0.1, 0.15) is 20.3 Å². The molecule has 3 N–H and O–H groups in total. The molecule has 1 rings (SSSR count). The van der Waals surface area contributed by atoms with E-state index in [0.717, 1.165) is 6.07 Å². The summed E-state index contributed by atoms with van der Waals surface area (Å²) in [6, 6.07) is 0.863. The van der Waals surface area contributed by atoms with E-state index >= 15 is 0 Å². The van der Waals surface area contributed by atoms with Crippen molar-refractivity contribution in [3.05, 3.63) is 29.6 Å². The highest BCUT2D eigenvalue weighted by atomic mass is 19.2. The second-order valence-corrected chi connectivity index (χ2v) is 4.66. The van der Waals surface area contributed by atoms with Gasteiger partial charge in [0.05, 0.1) is 5.69 Å². The second-order valence-electron chi connectivity index (χ2n) is 4.66. The van der Waals surface area contributed by atoms with Gasteiger partial charge in [0.1, 0.15) is 0 Å². The SMILES string of the molecule is CC(C)(CCO)NC(=O)Nc1ccc(F)c(F)c1F. The van der Waals surface area contributed by atoms with Crippen LogP contribution in [0.25, 0.3) is 0 Å². The van der Waals surface area contributed by atoms with Gasteiger partial charge in [-0.25, -0.2) is 18.0 Å². The Kier molecular flexibility index (Phi) is 4.77. The lowest BCUT2D eigenvalue weighted by Crippen LogP contribution is -2.46. The van der Waals surface area contributed by atoms with Crippen molar-refractivity contribution in [2.75, 3.05) is 11.9 Å². The summed E-state index contributed by atoms with van der Waals surface area (Å²) in [5.74, 6) is -4.44. The van der Waals surface area contributed by atoms with Crippen molar-refractivity contribution in [1.29, 1.82) is 0 Å². The molecular formula is C12H15F3N2O2. The summed E-state index contributed by atoms with van der Waals surface area (Å²) in [5.41, 5.74) is -1.18. The van der Waals surface area contributed by atoms with E-state index < -0.39 is 34.7 Å². The first-order valence-electron chi connectivity index (χ1n) is 5.60. The summed E-state index contributed by atoms with van der Waals surface area (Å²) in [4.78, 5) is 11.6. The predicted octanol–water partition coefficient (Wildman–Crippen LogP) is 2.39. The molecule has 1 aromatic rings. The van der Waals surface area contributed by atoms with E-state index in [1.807, 2.05) is 0 Å². The fraction of sp³-hybridized carbons (Fsp3) is 0.417. The third-order valence-corrected chi connectivity index (χ3v) is 2.47. The van der Waals surface area contributed by atoms with E-state index in [1.54, 1.807) is 13.8 Å². The Morgan fingerprint density at radius 1 is 1.26 bits per heavy atom. The van der Waals surface area contributed by atoms with Crippen molar-refractivity contribution in [2.45, 2.75) is 25.8 Å².